The topological polar surface area (TPSA) is 62.1 Å². The number of anilines is 1. The van der Waals surface area contributed by atoms with E-state index < -0.39 is 5.82 Å². The summed E-state index contributed by atoms with van der Waals surface area (Å²) in [5.41, 5.74) is 0.0824. The molecule has 0 unspecified atom stereocenters. The van der Waals surface area contributed by atoms with Gasteiger partial charge in [-0.2, -0.15) is 0 Å². The van der Waals surface area contributed by atoms with Gasteiger partial charge in [-0.1, -0.05) is 35.0 Å². The number of fused-ring (bicyclic) bond motifs is 1. The third-order valence-electron chi connectivity index (χ3n) is 3.66. The highest BCUT2D eigenvalue weighted by atomic mass is 35.5. The van der Waals surface area contributed by atoms with Crippen LogP contribution in [0.2, 0.25) is 10.3 Å². The van der Waals surface area contributed by atoms with E-state index in [1.54, 1.807) is 0 Å². The van der Waals surface area contributed by atoms with Gasteiger partial charge in [-0.3, -0.25) is 0 Å². The molecule has 0 aromatic carbocycles. The molecule has 0 spiro atoms. The molecule has 2 aromatic rings. The first kappa shape index (κ1) is 17.0. The SMILES string of the molecule is CSc1nc(N(CCCO)C2CC2)c2c(Cl)nc(Cl)c(F)c2n1. The molecule has 1 fully saturated rings. The molecule has 1 aliphatic rings. The van der Waals surface area contributed by atoms with Crippen molar-refractivity contribution in [2.24, 2.45) is 0 Å². The van der Waals surface area contributed by atoms with Crippen LogP contribution in [-0.4, -0.2) is 45.5 Å². The van der Waals surface area contributed by atoms with Gasteiger partial charge < -0.3 is 10.0 Å². The highest BCUT2D eigenvalue weighted by Crippen LogP contribution is 2.39. The number of hydrogen-bond donors (Lipinski definition) is 1. The fraction of sp³-hybridized carbons (Fsp3) is 0.500. The highest BCUT2D eigenvalue weighted by molar-refractivity contribution is 7.98. The van der Waals surface area contributed by atoms with Gasteiger partial charge in [0.2, 0.25) is 0 Å². The van der Waals surface area contributed by atoms with Crippen molar-refractivity contribution in [3.8, 4) is 0 Å². The van der Waals surface area contributed by atoms with Crippen LogP contribution in [0.5, 0.6) is 0 Å². The summed E-state index contributed by atoms with van der Waals surface area (Å²) in [6.07, 6.45) is 4.49. The Balaban J connectivity index is 2.23. The van der Waals surface area contributed by atoms with Crippen molar-refractivity contribution in [3.05, 3.63) is 16.1 Å². The molecule has 23 heavy (non-hydrogen) atoms. The Kier molecular flexibility index (Phi) is 5.10. The number of aliphatic hydroxyl groups is 1. The monoisotopic (exact) mass is 376 g/mol. The van der Waals surface area contributed by atoms with Crippen molar-refractivity contribution in [1.29, 1.82) is 0 Å². The van der Waals surface area contributed by atoms with E-state index in [2.05, 4.69) is 19.9 Å². The van der Waals surface area contributed by atoms with Gasteiger partial charge >= 0.3 is 0 Å². The molecular formula is C14H15Cl2FN4OS. The Bertz CT molecular complexity index is 745. The summed E-state index contributed by atoms with van der Waals surface area (Å²) >= 11 is 13.3. The number of aromatic nitrogens is 3. The minimum Gasteiger partial charge on any atom is -0.396 e. The first-order valence-corrected chi connectivity index (χ1v) is 9.18. The van der Waals surface area contributed by atoms with Crippen molar-refractivity contribution in [3.63, 3.8) is 0 Å². The van der Waals surface area contributed by atoms with Crippen molar-refractivity contribution in [2.45, 2.75) is 30.5 Å². The molecule has 3 rings (SSSR count). The van der Waals surface area contributed by atoms with Crippen LogP contribution >= 0.6 is 35.0 Å². The summed E-state index contributed by atoms with van der Waals surface area (Å²) in [7, 11) is 0. The normalized spacial score (nSPS) is 14.5. The first-order chi connectivity index (χ1) is 11.1. The van der Waals surface area contributed by atoms with Crippen molar-refractivity contribution >= 4 is 51.7 Å². The summed E-state index contributed by atoms with van der Waals surface area (Å²) in [6.45, 7) is 0.690. The maximum atomic E-state index is 14.4. The Morgan fingerprint density at radius 3 is 2.61 bits per heavy atom. The average Bonchev–Trinajstić information content (AvgIpc) is 3.37. The minimum absolute atomic E-state index is 0.0772. The summed E-state index contributed by atoms with van der Waals surface area (Å²) in [6, 6.07) is 0.323. The number of pyridine rings is 1. The molecule has 2 aromatic heterocycles. The quantitative estimate of drug-likeness (QED) is 0.472. The number of aliphatic hydroxyl groups excluding tert-OH is 1. The molecule has 124 valence electrons. The largest absolute Gasteiger partial charge is 0.396 e. The molecule has 0 saturated heterocycles. The average molecular weight is 377 g/mol. The number of thioether (sulfide) groups is 1. The van der Waals surface area contributed by atoms with Crippen LogP contribution in [0.1, 0.15) is 19.3 Å². The maximum Gasteiger partial charge on any atom is 0.189 e. The van der Waals surface area contributed by atoms with E-state index in [4.69, 9.17) is 28.3 Å². The Morgan fingerprint density at radius 1 is 1.26 bits per heavy atom. The lowest BCUT2D eigenvalue weighted by molar-refractivity contribution is 0.289. The lowest BCUT2D eigenvalue weighted by Gasteiger charge is -2.25. The van der Waals surface area contributed by atoms with E-state index in [0.717, 1.165) is 12.8 Å². The smallest absolute Gasteiger partial charge is 0.189 e. The fourth-order valence-corrected chi connectivity index (χ4v) is 3.29. The molecule has 1 aliphatic carbocycles. The molecular weight excluding hydrogens is 362 g/mol. The van der Waals surface area contributed by atoms with Gasteiger partial charge in [0.25, 0.3) is 0 Å². The predicted octanol–water partition coefficient (Wildman–Crippen LogP) is 3.54. The summed E-state index contributed by atoms with van der Waals surface area (Å²) in [5.74, 6) is -0.133. The van der Waals surface area contributed by atoms with Crippen LogP contribution < -0.4 is 4.90 Å². The zero-order chi connectivity index (χ0) is 16.6. The predicted molar refractivity (Wildman–Crippen MR) is 91.2 cm³/mol. The standard InChI is InChI=1S/C14H15Cl2FN4OS/c1-23-14-18-10-8(11(15)19-12(16)9(10)17)13(20-14)21(5-2-6-22)7-3-4-7/h7,22H,2-6H2,1H3. The Labute approximate surface area is 147 Å². The molecule has 0 amide bonds. The molecule has 1 saturated carbocycles. The Hall–Kier alpha value is -0.890. The van der Waals surface area contributed by atoms with Crippen LogP contribution in [-0.2, 0) is 0 Å². The van der Waals surface area contributed by atoms with E-state index in [-0.39, 0.29) is 22.4 Å². The summed E-state index contributed by atoms with van der Waals surface area (Å²) in [5, 5.41) is 9.74. The lowest BCUT2D eigenvalue weighted by Crippen LogP contribution is -2.29. The third kappa shape index (κ3) is 3.33. The summed E-state index contributed by atoms with van der Waals surface area (Å²) < 4.78 is 14.4. The number of rotatable bonds is 6. The number of hydrogen-bond acceptors (Lipinski definition) is 6. The van der Waals surface area contributed by atoms with E-state index in [0.29, 0.717) is 35.4 Å². The van der Waals surface area contributed by atoms with Gasteiger partial charge in [0.05, 0.1) is 5.39 Å². The van der Waals surface area contributed by atoms with E-state index in [9.17, 15) is 4.39 Å². The van der Waals surface area contributed by atoms with Crippen LogP contribution in [0.15, 0.2) is 5.16 Å². The van der Waals surface area contributed by atoms with Crippen molar-refractivity contribution < 1.29 is 9.50 Å². The molecule has 0 aliphatic heterocycles. The van der Waals surface area contributed by atoms with Crippen molar-refractivity contribution in [1.82, 2.24) is 15.0 Å². The zero-order valence-electron chi connectivity index (χ0n) is 12.4. The molecule has 0 bridgehead atoms. The molecule has 2 heterocycles. The minimum atomic E-state index is -0.692. The number of nitrogens with zero attached hydrogens (tertiary/aromatic N) is 4. The Morgan fingerprint density at radius 2 is 2.00 bits per heavy atom. The van der Waals surface area contributed by atoms with E-state index >= 15 is 0 Å². The van der Waals surface area contributed by atoms with Crippen LogP contribution in [0, 0.1) is 5.82 Å². The maximum absolute atomic E-state index is 14.4. The zero-order valence-corrected chi connectivity index (χ0v) is 14.7. The van der Waals surface area contributed by atoms with E-state index in [1.165, 1.54) is 11.8 Å². The molecule has 1 N–H and O–H groups in total. The van der Waals surface area contributed by atoms with Crippen LogP contribution in [0.4, 0.5) is 10.2 Å². The van der Waals surface area contributed by atoms with Crippen LogP contribution in [0.25, 0.3) is 10.9 Å². The second kappa shape index (κ2) is 6.93. The molecule has 9 heteroatoms. The second-order valence-electron chi connectivity index (χ2n) is 5.27. The van der Waals surface area contributed by atoms with Crippen LogP contribution in [0.3, 0.4) is 0 Å². The lowest BCUT2D eigenvalue weighted by atomic mass is 10.2. The molecule has 0 radical (unpaired) electrons. The molecule has 5 nitrogen and oxygen atoms in total. The van der Waals surface area contributed by atoms with Gasteiger partial charge in [0.15, 0.2) is 16.1 Å². The third-order valence-corrected chi connectivity index (χ3v) is 4.73. The van der Waals surface area contributed by atoms with Gasteiger partial charge in [-0.15, -0.1) is 0 Å². The van der Waals surface area contributed by atoms with Gasteiger partial charge in [-0.05, 0) is 25.5 Å². The van der Waals surface area contributed by atoms with Crippen molar-refractivity contribution in [2.75, 3.05) is 24.3 Å². The van der Waals surface area contributed by atoms with E-state index in [1.807, 2.05) is 6.26 Å². The van der Waals surface area contributed by atoms with Gasteiger partial charge in [0, 0.05) is 19.2 Å². The van der Waals surface area contributed by atoms with Gasteiger partial charge in [0.1, 0.15) is 16.5 Å². The second-order valence-corrected chi connectivity index (χ2v) is 6.76. The first-order valence-electron chi connectivity index (χ1n) is 7.20. The summed E-state index contributed by atoms with van der Waals surface area (Å²) in [4.78, 5) is 14.6. The highest BCUT2D eigenvalue weighted by Gasteiger charge is 2.32. The van der Waals surface area contributed by atoms with Gasteiger partial charge in [-0.25, -0.2) is 19.3 Å². The number of halogens is 3. The fourth-order valence-electron chi connectivity index (χ4n) is 2.45. The molecule has 0 atom stereocenters.